The van der Waals surface area contributed by atoms with Crippen LogP contribution in [-0.2, 0) is 6.61 Å². The highest BCUT2D eigenvalue weighted by Crippen LogP contribution is 2.27. The van der Waals surface area contributed by atoms with E-state index >= 15 is 0 Å². The van der Waals surface area contributed by atoms with E-state index in [-0.39, 0.29) is 5.56 Å². The summed E-state index contributed by atoms with van der Waals surface area (Å²) in [6.45, 7) is 4.67. The summed E-state index contributed by atoms with van der Waals surface area (Å²) in [4.78, 5) is 17.4. The summed E-state index contributed by atoms with van der Waals surface area (Å²) in [6.07, 6.45) is 2.97. The van der Waals surface area contributed by atoms with Gasteiger partial charge in [-0.3, -0.25) is 9.36 Å². The molecule has 2 aromatic carbocycles. The van der Waals surface area contributed by atoms with Gasteiger partial charge in [-0.1, -0.05) is 30.3 Å². The van der Waals surface area contributed by atoms with Crippen molar-refractivity contribution in [1.29, 1.82) is 0 Å². The van der Waals surface area contributed by atoms with Crippen molar-refractivity contribution in [3.63, 3.8) is 0 Å². The molecule has 5 heteroatoms. The lowest BCUT2D eigenvalue weighted by Gasteiger charge is -2.23. The first-order chi connectivity index (χ1) is 14.5. The van der Waals surface area contributed by atoms with Gasteiger partial charge in [-0.15, -0.1) is 0 Å². The average Bonchev–Trinajstić information content (AvgIpc) is 3.23. The van der Waals surface area contributed by atoms with Gasteiger partial charge < -0.3 is 14.5 Å². The fourth-order valence-electron chi connectivity index (χ4n) is 4.03. The summed E-state index contributed by atoms with van der Waals surface area (Å²) >= 11 is 0. The lowest BCUT2D eigenvalue weighted by Crippen LogP contribution is -2.31. The number of aromatic nitrogens is 1. The van der Waals surface area contributed by atoms with Crippen molar-refractivity contribution in [1.82, 2.24) is 9.47 Å². The minimum atomic E-state index is -0.0958. The highest BCUT2D eigenvalue weighted by molar-refractivity contribution is 5.58. The number of hydrogen-bond acceptors (Lipinski definition) is 4. The Balaban J connectivity index is 1.49. The summed E-state index contributed by atoms with van der Waals surface area (Å²) in [5, 5.41) is 0. The van der Waals surface area contributed by atoms with Crippen molar-refractivity contribution in [3.05, 3.63) is 88.3 Å². The number of nitrogens with zero attached hydrogens (tertiary/aromatic N) is 3. The number of likely N-dealkylation sites (N-methyl/N-ethyl adjacent to an activating group) is 1. The zero-order valence-corrected chi connectivity index (χ0v) is 17.9. The van der Waals surface area contributed by atoms with Crippen LogP contribution in [0.3, 0.4) is 0 Å². The van der Waals surface area contributed by atoms with Gasteiger partial charge in [-0.25, -0.2) is 0 Å². The molecule has 0 saturated carbocycles. The number of rotatable bonds is 6. The van der Waals surface area contributed by atoms with E-state index in [9.17, 15) is 4.79 Å². The lowest BCUT2D eigenvalue weighted by molar-refractivity contribution is 0.305. The third kappa shape index (κ3) is 4.41. The van der Waals surface area contributed by atoms with E-state index in [0.717, 1.165) is 24.3 Å². The number of pyridine rings is 1. The first-order valence-electron chi connectivity index (χ1n) is 10.4. The molecule has 0 bridgehead atoms. The summed E-state index contributed by atoms with van der Waals surface area (Å²) in [5.74, 6) is 0.584. The lowest BCUT2D eigenvalue weighted by atomic mass is 10.1. The second kappa shape index (κ2) is 8.76. The second-order valence-electron chi connectivity index (χ2n) is 8.17. The maximum absolute atomic E-state index is 12.7. The van der Waals surface area contributed by atoms with Crippen LogP contribution in [-0.4, -0.2) is 42.7 Å². The maximum Gasteiger partial charge on any atom is 0.258 e. The molecule has 4 rings (SSSR count). The van der Waals surface area contributed by atoms with Crippen LogP contribution in [0.1, 0.15) is 17.5 Å². The largest absolute Gasteiger partial charge is 0.489 e. The Labute approximate surface area is 178 Å². The van der Waals surface area contributed by atoms with Crippen molar-refractivity contribution >= 4 is 5.69 Å². The number of benzene rings is 2. The van der Waals surface area contributed by atoms with Crippen molar-refractivity contribution in [2.45, 2.75) is 26.0 Å². The molecule has 0 radical (unpaired) electrons. The summed E-state index contributed by atoms with van der Waals surface area (Å²) in [7, 11) is 4.29. The van der Waals surface area contributed by atoms with Crippen LogP contribution < -0.4 is 15.2 Å². The van der Waals surface area contributed by atoms with E-state index in [1.165, 1.54) is 17.7 Å². The molecule has 5 nitrogen and oxygen atoms in total. The summed E-state index contributed by atoms with van der Waals surface area (Å²) in [6, 6.07) is 20.2. The average molecular weight is 404 g/mol. The van der Waals surface area contributed by atoms with E-state index in [1.807, 2.05) is 42.5 Å². The van der Waals surface area contributed by atoms with Gasteiger partial charge in [0.1, 0.15) is 12.4 Å². The quantitative estimate of drug-likeness (QED) is 0.626. The molecule has 156 valence electrons. The van der Waals surface area contributed by atoms with Gasteiger partial charge in [0.05, 0.1) is 0 Å². The van der Waals surface area contributed by atoms with E-state index in [4.69, 9.17) is 4.74 Å². The Morgan fingerprint density at radius 2 is 1.87 bits per heavy atom. The molecule has 2 heterocycles. The molecule has 30 heavy (non-hydrogen) atoms. The zero-order valence-electron chi connectivity index (χ0n) is 17.9. The predicted octanol–water partition coefficient (Wildman–Crippen LogP) is 3.87. The van der Waals surface area contributed by atoms with Crippen LogP contribution in [0.25, 0.3) is 5.69 Å². The monoisotopic (exact) mass is 403 g/mol. The molecule has 0 spiro atoms. The van der Waals surface area contributed by atoms with Crippen molar-refractivity contribution in [2.75, 3.05) is 32.1 Å². The third-order valence-electron chi connectivity index (χ3n) is 5.83. The Bertz CT molecular complexity index is 1060. The van der Waals surface area contributed by atoms with Crippen LogP contribution in [0, 0.1) is 6.92 Å². The molecular weight excluding hydrogens is 374 g/mol. The van der Waals surface area contributed by atoms with Crippen molar-refractivity contribution in [3.8, 4) is 11.4 Å². The Morgan fingerprint density at radius 3 is 2.53 bits per heavy atom. The van der Waals surface area contributed by atoms with Crippen LogP contribution >= 0.6 is 0 Å². The molecule has 1 aliphatic heterocycles. The van der Waals surface area contributed by atoms with Gasteiger partial charge in [0.2, 0.25) is 0 Å². The minimum absolute atomic E-state index is 0.0958. The van der Waals surface area contributed by atoms with E-state index in [0.29, 0.717) is 18.4 Å². The standard InChI is InChI=1S/C25H29N3O2/c1-19-15-21(9-10-24(19)27-13-11-22(17-27)26(2)3)28-14-12-23(16-25(28)29)30-18-20-7-5-4-6-8-20/h4-10,12,14-16,22H,11,13,17-18H2,1-3H3. The van der Waals surface area contributed by atoms with Crippen molar-refractivity contribution < 1.29 is 4.74 Å². The summed E-state index contributed by atoms with van der Waals surface area (Å²) < 4.78 is 7.44. The predicted molar refractivity (Wildman–Crippen MR) is 122 cm³/mol. The molecule has 0 amide bonds. The molecule has 1 aliphatic rings. The number of hydrogen-bond donors (Lipinski definition) is 0. The van der Waals surface area contributed by atoms with Crippen molar-refractivity contribution in [2.24, 2.45) is 0 Å². The van der Waals surface area contributed by atoms with Gasteiger partial charge >= 0.3 is 0 Å². The Morgan fingerprint density at radius 1 is 1.07 bits per heavy atom. The first-order valence-corrected chi connectivity index (χ1v) is 10.4. The molecule has 1 atom stereocenters. The molecule has 0 aliphatic carbocycles. The molecular formula is C25H29N3O2. The number of ether oxygens (including phenoxy) is 1. The molecule has 1 aromatic heterocycles. The first kappa shape index (κ1) is 20.2. The maximum atomic E-state index is 12.7. The summed E-state index contributed by atoms with van der Waals surface area (Å²) in [5.41, 5.74) is 4.29. The third-order valence-corrected chi connectivity index (χ3v) is 5.83. The smallest absolute Gasteiger partial charge is 0.258 e. The highest BCUT2D eigenvalue weighted by atomic mass is 16.5. The molecule has 1 saturated heterocycles. The fraction of sp³-hybridized carbons (Fsp3) is 0.320. The number of anilines is 1. The van der Waals surface area contributed by atoms with Gasteiger partial charge in [-0.05, 0) is 62.8 Å². The van der Waals surface area contributed by atoms with Gasteiger partial charge in [-0.2, -0.15) is 0 Å². The second-order valence-corrected chi connectivity index (χ2v) is 8.17. The van der Waals surface area contributed by atoms with Crippen LogP contribution in [0.5, 0.6) is 5.75 Å². The fourth-order valence-corrected chi connectivity index (χ4v) is 4.03. The van der Waals surface area contributed by atoms with E-state index in [2.05, 4.69) is 43.0 Å². The molecule has 3 aromatic rings. The molecule has 1 unspecified atom stereocenters. The SMILES string of the molecule is Cc1cc(-n2ccc(OCc3ccccc3)cc2=O)ccc1N1CCC(N(C)C)C1. The van der Waals surface area contributed by atoms with Crippen LogP contribution in [0.15, 0.2) is 71.7 Å². The Hall–Kier alpha value is -3.05. The van der Waals surface area contributed by atoms with E-state index in [1.54, 1.807) is 16.8 Å². The zero-order chi connectivity index (χ0) is 21.1. The van der Waals surface area contributed by atoms with Gasteiger partial charge in [0.25, 0.3) is 5.56 Å². The molecule has 1 fully saturated rings. The van der Waals surface area contributed by atoms with Gasteiger partial charge in [0, 0.05) is 42.8 Å². The van der Waals surface area contributed by atoms with Crippen LogP contribution in [0.4, 0.5) is 5.69 Å². The molecule has 0 N–H and O–H groups in total. The highest BCUT2D eigenvalue weighted by Gasteiger charge is 2.25. The van der Waals surface area contributed by atoms with E-state index < -0.39 is 0 Å². The van der Waals surface area contributed by atoms with Gasteiger partial charge in [0.15, 0.2) is 0 Å². The van der Waals surface area contributed by atoms with Crippen LogP contribution in [0.2, 0.25) is 0 Å². The Kier molecular flexibility index (Phi) is 5.91. The normalized spacial score (nSPS) is 16.3. The minimum Gasteiger partial charge on any atom is -0.489 e. The topological polar surface area (TPSA) is 37.7 Å². The number of aryl methyl sites for hydroxylation is 1.